The number of aliphatic carboxylic acids is 1. The monoisotopic (exact) mass is 264 g/mol. The molecule has 0 radical (unpaired) electrons. The topological polar surface area (TPSA) is 37.3 Å². The first kappa shape index (κ1) is 13.9. The van der Waals surface area contributed by atoms with Crippen LogP contribution in [-0.2, 0) is 4.79 Å². The van der Waals surface area contributed by atoms with E-state index in [2.05, 4.69) is 24.0 Å². The molecule has 0 saturated carbocycles. The summed E-state index contributed by atoms with van der Waals surface area (Å²) in [5.41, 5.74) is 3.21. The minimum Gasteiger partial charge on any atom is -0.481 e. The van der Waals surface area contributed by atoms with Crippen molar-refractivity contribution >= 4 is 5.97 Å². The largest absolute Gasteiger partial charge is 0.481 e. The zero-order chi connectivity index (χ0) is 14.4. The SMILES string of the molecule is CC#CC(CC(=O)O)c1ccc(-c2ccccc2)cc1. The van der Waals surface area contributed by atoms with Crippen LogP contribution in [0, 0.1) is 11.8 Å². The highest BCUT2D eigenvalue weighted by atomic mass is 16.4. The fraction of sp³-hybridized carbons (Fsp3) is 0.167. The van der Waals surface area contributed by atoms with E-state index in [4.69, 9.17) is 5.11 Å². The minimum atomic E-state index is -0.829. The van der Waals surface area contributed by atoms with E-state index in [1.165, 1.54) is 0 Å². The molecule has 0 bridgehead atoms. The molecule has 2 rings (SSSR count). The molecular formula is C18H16O2. The highest BCUT2D eigenvalue weighted by molar-refractivity contribution is 5.69. The van der Waals surface area contributed by atoms with Crippen LogP contribution in [0.15, 0.2) is 54.6 Å². The summed E-state index contributed by atoms with van der Waals surface area (Å²) >= 11 is 0. The molecule has 2 nitrogen and oxygen atoms in total. The van der Waals surface area contributed by atoms with Gasteiger partial charge >= 0.3 is 5.97 Å². The minimum absolute atomic E-state index is 0.0333. The molecule has 20 heavy (non-hydrogen) atoms. The Bertz CT molecular complexity index is 631. The molecule has 0 aliphatic carbocycles. The fourth-order valence-corrected chi connectivity index (χ4v) is 2.14. The first-order chi connectivity index (χ1) is 9.70. The maximum absolute atomic E-state index is 10.9. The smallest absolute Gasteiger partial charge is 0.304 e. The summed E-state index contributed by atoms with van der Waals surface area (Å²) in [5.74, 6) is 4.69. The normalized spacial score (nSPS) is 11.2. The molecule has 0 heterocycles. The zero-order valence-electron chi connectivity index (χ0n) is 11.3. The second-order valence-corrected chi connectivity index (χ2v) is 4.53. The Hall–Kier alpha value is -2.53. The van der Waals surface area contributed by atoms with Crippen molar-refractivity contribution in [1.29, 1.82) is 0 Å². The van der Waals surface area contributed by atoms with E-state index in [0.717, 1.165) is 16.7 Å². The number of benzene rings is 2. The van der Waals surface area contributed by atoms with Gasteiger partial charge in [0.05, 0.1) is 12.3 Å². The van der Waals surface area contributed by atoms with E-state index in [-0.39, 0.29) is 12.3 Å². The first-order valence-electron chi connectivity index (χ1n) is 6.50. The van der Waals surface area contributed by atoms with Crippen LogP contribution in [0.1, 0.15) is 24.8 Å². The van der Waals surface area contributed by atoms with Crippen molar-refractivity contribution in [3.05, 3.63) is 60.2 Å². The number of rotatable bonds is 4. The van der Waals surface area contributed by atoms with E-state index >= 15 is 0 Å². The molecule has 1 unspecified atom stereocenters. The molecule has 1 N–H and O–H groups in total. The number of hydrogen-bond donors (Lipinski definition) is 1. The molecular weight excluding hydrogens is 248 g/mol. The highest BCUT2D eigenvalue weighted by Crippen LogP contribution is 2.24. The Morgan fingerprint density at radius 1 is 1.05 bits per heavy atom. The molecule has 0 saturated heterocycles. The van der Waals surface area contributed by atoms with Gasteiger partial charge < -0.3 is 5.11 Å². The molecule has 0 fully saturated rings. The summed E-state index contributed by atoms with van der Waals surface area (Å²) in [6, 6.07) is 18.0. The van der Waals surface area contributed by atoms with Gasteiger partial charge in [0.1, 0.15) is 0 Å². The Balaban J connectivity index is 2.26. The number of carboxylic acid groups (broad SMARTS) is 1. The van der Waals surface area contributed by atoms with Crippen LogP contribution < -0.4 is 0 Å². The summed E-state index contributed by atoms with van der Waals surface area (Å²) in [6.45, 7) is 1.73. The maximum Gasteiger partial charge on any atom is 0.304 e. The molecule has 2 aromatic rings. The van der Waals surface area contributed by atoms with E-state index < -0.39 is 5.97 Å². The molecule has 0 aromatic heterocycles. The number of hydrogen-bond acceptors (Lipinski definition) is 1. The third kappa shape index (κ3) is 3.49. The third-order valence-electron chi connectivity index (χ3n) is 3.12. The van der Waals surface area contributed by atoms with Gasteiger partial charge in [-0.1, -0.05) is 60.5 Å². The summed E-state index contributed by atoms with van der Waals surface area (Å²) in [6.07, 6.45) is 0.0333. The van der Waals surface area contributed by atoms with Crippen molar-refractivity contribution in [2.75, 3.05) is 0 Å². The molecule has 2 heteroatoms. The van der Waals surface area contributed by atoms with Crippen molar-refractivity contribution < 1.29 is 9.90 Å². The predicted molar refractivity (Wildman–Crippen MR) is 80.3 cm³/mol. The molecule has 2 aromatic carbocycles. The van der Waals surface area contributed by atoms with Crippen LogP contribution in [0.25, 0.3) is 11.1 Å². The Kier molecular flexibility index (Phi) is 4.57. The van der Waals surface area contributed by atoms with Gasteiger partial charge in [-0.15, -0.1) is 5.92 Å². The quantitative estimate of drug-likeness (QED) is 0.849. The van der Waals surface area contributed by atoms with Crippen LogP contribution in [0.4, 0.5) is 0 Å². The van der Waals surface area contributed by atoms with Gasteiger partial charge in [0.15, 0.2) is 0 Å². The zero-order valence-corrected chi connectivity index (χ0v) is 11.3. The van der Waals surface area contributed by atoms with Crippen molar-refractivity contribution in [2.45, 2.75) is 19.3 Å². The number of carboxylic acids is 1. The van der Waals surface area contributed by atoms with E-state index in [1.807, 2.05) is 42.5 Å². The van der Waals surface area contributed by atoms with E-state index in [0.29, 0.717) is 0 Å². The van der Waals surface area contributed by atoms with E-state index in [9.17, 15) is 4.79 Å². The molecule has 0 amide bonds. The summed E-state index contributed by atoms with van der Waals surface area (Å²) < 4.78 is 0. The summed E-state index contributed by atoms with van der Waals surface area (Å²) in [7, 11) is 0. The van der Waals surface area contributed by atoms with Gasteiger partial charge in [-0.3, -0.25) is 4.79 Å². The summed E-state index contributed by atoms with van der Waals surface area (Å²) in [4.78, 5) is 10.9. The second-order valence-electron chi connectivity index (χ2n) is 4.53. The Morgan fingerprint density at radius 3 is 2.20 bits per heavy atom. The molecule has 0 aliphatic heterocycles. The lowest BCUT2D eigenvalue weighted by atomic mass is 9.94. The van der Waals surface area contributed by atoms with Gasteiger partial charge in [0, 0.05) is 0 Å². The molecule has 0 spiro atoms. The molecule has 1 atom stereocenters. The van der Waals surface area contributed by atoms with Gasteiger partial charge in [-0.25, -0.2) is 0 Å². The lowest BCUT2D eigenvalue weighted by Crippen LogP contribution is -2.04. The number of carbonyl (C=O) groups is 1. The highest BCUT2D eigenvalue weighted by Gasteiger charge is 2.12. The van der Waals surface area contributed by atoms with Crippen molar-refractivity contribution in [3.8, 4) is 23.0 Å². The lowest BCUT2D eigenvalue weighted by molar-refractivity contribution is -0.137. The average molecular weight is 264 g/mol. The van der Waals surface area contributed by atoms with Crippen LogP contribution in [0.3, 0.4) is 0 Å². The lowest BCUT2D eigenvalue weighted by Gasteiger charge is -2.09. The Labute approximate surface area is 119 Å². The fourth-order valence-electron chi connectivity index (χ4n) is 2.14. The standard InChI is InChI=1S/C18H16O2/c1-2-6-17(13-18(19)20)16-11-9-15(10-12-16)14-7-4-3-5-8-14/h3-5,7-12,17H,13H2,1H3,(H,19,20). The van der Waals surface area contributed by atoms with Crippen molar-refractivity contribution in [3.63, 3.8) is 0 Å². The van der Waals surface area contributed by atoms with Gasteiger partial charge in [-0.2, -0.15) is 0 Å². The van der Waals surface area contributed by atoms with Crippen LogP contribution in [0.5, 0.6) is 0 Å². The average Bonchev–Trinajstić information content (AvgIpc) is 2.47. The first-order valence-corrected chi connectivity index (χ1v) is 6.50. The van der Waals surface area contributed by atoms with E-state index in [1.54, 1.807) is 6.92 Å². The van der Waals surface area contributed by atoms with Gasteiger partial charge in [-0.05, 0) is 23.6 Å². The molecule has 0 aliphatic rings. The predicted octanol–water partition coefficient (Wildman–Crippen LogP) is 3.94. The van der Waals surface area contributed by atoms with Crippen LogP contribution in [-0.4, -0.2) is 11.1 Å². The van der Waals surface area contributed by atoms with Crippen molar-refractivity contribution in [2.24, 2.45) is 0 Å². The second kappa shape index (κ2) is 6.58. The summed E-state index contributed by atoms with van der Waals surface area (Å²) in [5, 5.41) is 8.94. The third-order valence-corrected chi connectivity index (χ3v) is 3.12. The molecule has 100 valence electrons. The van der Waals surface area contributed by atoms with Gasteiger partial charge in [0.2, 0.25) is 0 Å². The maximum atomic E-state index is 10.9. The van der Waals surface area contributed by atoms with Gasteiger partial charge in [0.25, 0.3) is 0 Å². The Morgan fingerprint density at radius 2 is 1.65 bits per heavy atom. The van der Waals surface area contributed by atoms with Crippen molar-refractivity contribution in [1.82, 2.24) is 0 Å². The van der Waals surface area contributed by atoms with Crippen LogP contribution in [0.2, 0.25) is 0 Å². The van der Waals surface area contributed by atoms with Crippen LogP contribution >= 0.6 is 0 Å².